The molecule has 0 saturated heterocycles. The Morgan fingerprint density at radius 2 is 2.19 bits per heavy atom. The summed E-state index contributed by atoms with van der Waals surface area (Å²) in [7, 11) is 0. The van der Waals surface area contributed by atoms with Crippen LogP contribution in [-0.2, 0) is 4.79 Å². The molecule has 0 bridgehead atoms. The van der Waals surface area contributed by atoms with Crippen molar-refractivity contribution in [3.8, 4) is 0 Å². The number of nitrogens with one attached hydrogen (secondary N) is 2. The molecule has 2 unspecified atom stereocenters. The van der Waals surface area contributed by atoms with Gasteiger partial charge in [0, 0.05) is 19.0 Å². The van der Waals surface area contributed by atoms with Crippen LogP contribution >= 0.6 is 0 Å². The lowest BCUT2D eigenvalue weighted by atomic mass is 10.1. The zero-order chi connectivity index (χ0) is 14.8. The highest BCUT2D eigenvalue weighted by atomic mass is 19.2. The molecule has 1 heterocycles. The average Bonchev–Trinajstić information content (AvgIpc) is 3.29. The summed E-state index contributed by atoms with van der Waals surface area (Å²) in [5.41, 5.74) is 1.95. The monoisotopic (exact) mass is 292 g/mol. The summed E-state index contributed by atoms with van der Waals surface area (Å²) >= 11 is 0. The van der Waals surface area contributed by atoms with Gasteiger partial charge in [0.25, 0.3) is 0 Å². The molecular formula is C16H18F2N2O. The SMILES string of the molecule is O=C(NCC1=CCNCC1)C1CC1c1ccc(F)c(F)c1. The van der Waals surface area contributed by atoms with E-state index in [0.29, 0.717) is 18.5 Å². The van der Waals surface area contributed by atoms with Crippen molar-refractivity contribution in [2.24, 2.45) is 5.92 Å². The molecule has 2 aliphatic rings. The van der Waals surface area contributed by atoms with E-state index in [1.807, 2.05) is 0 Å². The molecular weight excluding hydrogens is 274 g/mol. The van der Waals surface area contributed by atoms with Gasteiger partial charge in [0.1, 0.15) is 0 Å². The van der Waals surface area contributed by atoms with Crippen molar-refractivity contribution >= 4 is 5.91 Å². The van der Waals surface area contributed by atoms with E-state index in [1.165, 1.54) is 11.6 Å². The molecule has 1 aromatic carbocycles. The van der Waals surface area contributed by atoms with Crippen molar-refractivity contribution in [2.75, 3.05) is 19.6 Å². The van der Waals surface area contributed by atoms with Crippen LogP contribution in [0.15, 0.2) is 29.8 Å². The number of benzene rings is 1. The van der Waals surface area contributed by atoms with Crippen LogP contribution in [0.5, 0.6) is 0 Å². The van der Waals surface area contributed by atoms with Gasteiger partial charge in [-0.25, -0.2) is 8.78 Å². The van der Waals surface area contributed by atoms with Gasteiger partial charge in [0.15, 0.2) is 11.6 Å². The molecule has 1 fully saturated rings. The zero-order valence-electron chi connectivity index (χ0n) is 11.7. The highest BCUT2D eigenvalue weighted by Gasteiger charge is 2.44. The van der Waals surface area contributed by atoms with E-state index in [4.69, 9.17) is 0 Å². The smallest absolute Gasteiger partial charge is 0.224 e. The number of carbonyl (C=O) groups excluding carboxylic acids is 1. The maximum Gasteiger partial charge on any atom is 0.224 e. The Labute approximate surface area is 122 Å². The van der Waals surface area contributed by atoms with Gasteiger partial charge in [-0.15, -0.1) is 0 Å². The molecule has 1 saturated carbocycles. The molecule has 1 aliphatic carbocycles. The lowest BCUT2D eigenvalue weighted by Gasteiger charge is -2.14. The Morgan fingerprint density at radius 3 is 2.90 bits per heavy atom. The molecule has 21 heavy (non-hydrogen) atoms. The molecule has 1 aromatic rings. The topological polar surface area (TPSA) is 41.1 Å². The summed E-state index contributed by atoms with van der Waals surface area (Å²) in [6.45, 7) is 2.39. The van der Waals surface area contributed by atoms with Crippen LogP contribution in [0.1, 0.15) is 24.3 Å². The summed E-state index contributed by atoms with van der Waals surface area (Å²) < 4.78 is 26.1. The first-order chi connectivity index (χ1) is 10.1. The standard InChI is InChI=1S/C16H18F2N2O/c17-14-2-1-11(7-15(14)18)12-8-13(12)16(21)20-9-10-3-5-19-6-4-10/h1-3,7,12-13,19H,4-6,8-9H2,(H,20,21). The average molecular weight is 292 g/mol. The van der Waals surface area contributed by atoms with Crippen molar-refractivity contribution in [2.45, 2.75) is 18.8 Å². The Hall–Kier alpha value is -1.75. The third kappa shape index (κ3) is 3.29. The third-order valence-corrected chi connectivity index (χ3v) is 4.15. The lowest BCUT2D eigenvalue weighted by Crippen LogP contribution is -2.30. The normalized spacial score (nSPS) is 24.4. The second-order valence-electron chi connectivity index (χ2n) is 5.66. The Kier molecular flexibility index (Phi) is 4.01. The maximum absolute atomic E-state index is 13.2. The van der Waals surface area contributed by atoms with Crippen molar-refractivity contribution in [3.63, 3.8) is 0 Å². The molecule has 2 N–H and O–H groups in total. The number of amides is 1. The molecule has 3 nitrogen and oxygen atoms in total. The van der Waals surface area contributed by atoms with Gasteiger partial charge in [-0.2, -0.15) is 0 Å². The second kappa shape index (κ2) is 5.93. The van der Waals surface area contributed by atoms with E-state index < -0.39 is 11.6 Å². The van der Waals surface area contributed by atoms with Crippen molar-refractivity contribution < 1.29 is 13.6 Å². The summed E-state index contributed by atoms with van der Waals surface area (Å²) in [6, 6.07) is 3.88. The van der Waals surface area contributed by atoms with E-state index in [0.717, 1.165) is 25.6 Å². The largest absolute Gasteiger partial charge is 0.352 e. The molecule has 1 aliphatic heterocycles. The van der Waals surface area contributed by atoms with Crippen LogP contribution in [0.2, 0.25) is 0 Å². The van der Waals surface area contributed by atoms with E-state index in [1.54, 1.807) is 6.07 Å². The van der Waals surface area contributed by atoms with Crippen LogP contribution < -0.4 is 10.6 Å². The summed E-state index contributed by atoms with van der Waals surface area (Å²) in [5.74, 6) is -1.79. The fourth-order valence-corrected chi connectivity index (χ4v) is 2.76. The summed E-state index contributed by atoms with van der Waals surface area (Å²) in [6.07, 6.45) is 3.76. The highest BCUT2D eigenvalue weighted by molar-refractivity contribution is 5.83. The second-order valence-corrected chi connectivity index (χ2v) is 5.66. The summed E-state index contributed by atoms with van der Waals surface area (Å²) in [4.78, 5) is 12.1. The molecule has 0 spiro atoms. The van der Waals surface area contributed by atoms with Crippen LogP contribution in [0.3, 0.4) is 0 Å². The number of hydrogen-bond donors (Lipinski definition) is 2. The van der Waals surface area contributed by atoms with Gasteiger partial charge in [0.2, 0.25) is 5.91 Å². The minimum Gasteiger partial charge on any atom is -0.352 e. The first-order valence-electron chi connectivity index (χ1n) is 7.26. The molecule has 5 heteroatoms. The Bertz CT molecular complexity index is 586. The van der Waals surface area contributed by atoms with E-state index in [2.05, 4.69) is 16.7 Å². The minimum absolute atomic E-state index is 0.00386. The number of rotatable bonds is 4. The predicted octanol–water partition coefficient (Wildman–Crippen LogP) is 2.10. The van der Waals surface area contributed by atoms with E-state index >= 15 is 0 Å². The van der Waals surface area contributed by atoms with Gasteiger partial charge in [-0.05, 0) is 43.0 Å². The molecule has 2 atom stereocenters. The number of hydrogen-bond acceptors (Lipinski definition) is 2. The fraction of sp³-hybridized carbons (Fsp3) is 0.438. The Balaban J connectivity index is 1.53. The van der Waals surface area contributed by atoms with Crippen molar-refractivity contribution in [3.05, 3.63) is 47.0 Å². The van der Waals surface area contributed by atoms with Gasteiger partial charge in [0.05, 0.1) is 0 Å². The first-order valence-corrected chi connectivity index (χ1v) is 7.26. The fourth-order valence-electron chi connectivity index (χ4n) is 2.76. The van der Waals surface area contributed by atoms with Crippen LogP contribution in [0.4, 0.5) is 8.78 Å². The van der Waals surface area contributed by atoms with Gasteiger partial charge in [-0.3, -0.25) is 4.79 Å². The van der Waals surface area contributed by atoms with E-state index in [-0.39, 0.29) is 17.7 Å². The molecule has 0 aromatic heterocycles. The van der Waals surface area contributed by atoms with Crippen molar-refractivity contribution in [1.82, 2.24) is 10.6 Å². The van der Waals surface area contributed by atoms with Crippen LogP contribution in [-0.4, -0.2) is 25.5 Å². The van der Waals surface area contributed by atoms with E-state index in [9.17, 15) is 13.6 Å². The van der Waals surface area contributed by atoms with Crippen LogP contribution in [0.25, 0.3) is 0 Å². The predicted molar refractivity (Wildman–Crippen MR) is 75.8 cm³/mol. The molecule has 112 valence electrons. The molecule has 3 rings (SSSR count). The maximum atomic E-state index is 13.2. The van der Waals surface area contributed by atoms with Gasteiger partial charge < -0.3 is 10.6 Å². The van der Waals surface area contributed by atoms with Crippen molar-refractivity contribution in [1.29, 1.82) is 0 Å². The minimum atomic E-state index is -0.849. The van der Waals surface area contributed by atoms with Gasteiger partial charge in [-0.1, -0.05) is 17.7 Å². The summed E-state index contributed by atoms with van der Waals surface area (Å²) in [5, 5.41) is 6.16. The zero-order valence-corrected chi connectivity index (χ0v) is 11.7. The number of halogens is 2. The first kappa shape index (κ1) is 14.2. The molecule has 1 amide bonds. The highest BCUT2D eigenvalue weighted by Crippen LogP contribution is 2.47. The Morgan fingerprint density at radius 1 is 1.33 bits per heavy atom. The lowest BCUT2D eigenvalue weighted by molar-refractivity contribution is -0.122. The quantitative estimate of drug-likeness (QED) is 0.835. The number of carbonyl (C=O) groups is 1. The van der Waals surface area contributed by atoms with Crippen LogP contribution in [0, 0.1) is 17.6 Å². The third-order valence-electron chi connectivity index (χ3n) is 4.15. The molecule has 0 radical (unpaired) electrons. The van der Waals surface area contributed by atoms with Gasteiger partial charge >= 0.3 is 0 Å².